The van der Waals surface area contributed by atoms with Crippen molar-refractivity contribution in [2.24, 2.45) is 5.92 Å². The number of hydrogen-bond donors (Lipinski definition) is 1. The Morgan fingerprint density at radius 1 is 1.04 bits per heavy atom. The number of Topliss-reactive ketones (excluding diaryl/α,β-unsaturated/α-hetero) is 1. The molecule has 1 amide bonds. The number of rotatable bonds is 8. The van der Waals surface area contributed by atoms with Crippen molar-refractivity contribution in [2.45, 2.75) is 26.8 Å². The van der Waals surface area contributed by atoms with Crippen molar-refractivity contribution in [1.29, 1.82) is 0 Å². The molecule has 1 atom stereocenters. The number of carbonyl (C=O) groups excluding carboxylic acids is 2. The molecule has 2 aromatic carbocycles. The van der Waals surface area contributed by atoms with Crippen molar-refractivity contribution in [3.63, 3.8) is 0 Å². The molecule has 0 fully saturated rings. The van der Waals surface area contributed by atoms with Crippen molar-refractivity contribution < 1.29 is 19.1 Å². The fourth-order valence-electron chi connectivity index (χ4n) is 2.66. The molecule has 0 bridgehead atoms. The molecule has 1 unspecified atom stereocenters. The highest BCUT2D eigenvalue weighted by atomic mass is 16.5. The molecule has 5 heteroatoms. The van der Waals surface area contributed by atoms with E-state index in [9.17, 15) is 9.59 Å². The minimum atomic E-state index is -0.217. The van der Waals surface area contributed by atoms with Gasteiger partial charge in [0.2, 0.25) is 0 Å². The highest BCUT2D eigenvalue weighted by molar-refractivity contribution is 5.94. The Morgan fingerprint density at radius 3 is 2.31 bits per heavy atom. The Morgan fingerprint density at radius 2 is 1.73 bits per heavy atom. The van der Waals surface area contributed by atoms with Gasteiger partial charge in [0, 0.05) is 5.56 Å². The molecular formula is C21H25NO4. The molecule has 0 heterocycles. The van der Waals surface area contributed by atoms with Crippen LogP contribution in [0.15, 0.2) is 48.5 Å². The first kappa shape index (κ1) is 19.5. The van der Waals surface area contributed by atoms with Gasteiger partial charge in [-0.15, -0.1) is 0 Å². The smallest absolute Gasteiger partial charge is 0.258 e. The Bertz CT molecular complexity index is 756. The zero-order valence-electron chi connectivity index (χ0n) is 15.6. The van der Waals surface area contributed by atoms with E-state index in [1.165, 1.54) is 14.0 Å². The van der Waals surface area contributed by atoms with Crippen LogP contribution in [0.2, 0.25) is 0 Å². The number of ketones is 1. The van der Waals surface area contributed by atoms with Gasteiger partial charge in [-0.3, -0.25) is 9.59 Å². The first-order valence-electron chi connectivity index (χ1n) is 8.58. The monoisotopic (exact) mass is 355 g/mol. The number of carbonyl (C=O) groups is 2. The second-order valence-corrected chi connectivity index (χ2v) is 6.41. The van der Waals surface area contributed by atoms with E-state index in [2.05, 4.69) is 19.2 Å². The van der Waals surface area contributed by atoms with Crippen LogP contribution in [-0.4, -0.2) is 25.4 Å². The molecule has 2 rings (SSSR count). The SMILES string of the molecule is COc1cc(C(C)=O)ccc1OCC(=O)NC(c1ccccc1)C(C)C. The van der Waals surface area contributed by atoms with Crippen molar-refractivity contribution in [3.8, 4) is 11.5 Å². The van der Waals surface area contributed by atoms with Gasteiger partial charge in [-0.25, -0.2) is 0 Å². The summed E-state index contributed by atoms with van der Waals surface area (Å²) in [7, 11) is 1.50. The summed E-state index contributed by atoms with van der Waals surface area (Å²) in [5.74, 6) is 0.814. The highest BCUT2D eigenvalue weighted by Gasteiger charge is 2.19. The van der Waals surface area contributed by atoms with Crippen molar-refractivity contribution >= 4 is 11.7 Å². The number of methoxy groups -OCH3 is 1. The minimum absolute atomic E-state index is 0.0600. The van der Waals surface area contributed by atoms with Crippen LogP contribution in [0, 0.1) is 5.92 Å². The molecule has 0 saturated heterocycles. The third-order valence-corrected chi connectivity index (χ3v) is 4.07. The Labute approximate surface area is 154 Å². The first-order valence-corrected chi connectivity index (χ1v) is 8.58. The third-order valence-electron chi connectivity index (χ3n) is 4.07. The second-order valence-electron chi connectivity index (χ2n) is 6.41. The van der Waals surface area contributed by atoms with E-state index >= 15 is 0 Å². The summed E-state index contributed by atoms with van der Waals surface area (Å²) < 4.78 is 10.8. The molecule has 1 N–H and O–H groups in total. The van der Waals surface area contributed by atoms with Crippen LogP contribution in [0.5, 0.6) is 11.5 Å². The van der Waals surface area contributed by atoms with E-state index < -0.39 is 0 Å². The molecule has 0 saturated carbocycles. The lowest BCUT2D eigenvalue weighted by molar-refractivity contribution is -0.124. The van der Waals surface area contributed by atoms with Crippen LogP contribution in [0.3, 0.4) is 0 Å². The minimum Gasteiger partial charge on any atom is -0.493 e. The molecule has 26 heavy (non-hydrogen) atoms. The number of hydrogen-bond acceptors (Lipinski definition) is 4. The summed E-state index contributed by atoms with van der Waals surface area (Å²) in [5.41, 5.74) is 1.59. The molecule has 0 aliphatic rings. The maximum atomic E-state index is 12.3. The summed E-state index contributed by atoms with van der Waals surface area (Å²) in [5, 5.41) is 3.01. The van der Waals surface area contributed by atoms with Crippen LogP contribution in [0.1, 0.15) is 42.7 Å². The summed E-state index contributed by atoms with van der Waals surface area (Å²) >= 11 is 0. The van der Waals surface area contributed by atoms with E-state index in [0.717, 1.165) is 5.56 Å². The van der Waals surface area contributed by atoms with Crippen LogP contribution in [-0.2, 0) is 4.79 Å². The lowest BCUT2D eigenvalue weighted by Gasteiger charge is -2.23. The van der Waals surface area contributed by atoms with Gasteiger partial charge in [-0.05, 0) is 36.6 Å². The quantitative estimate of drug-likeness (QED) is 0.732. The average molecular weight is 355 g/mol. The lowest BCUT2D eigenvalue weighted by atomic mass is 9.96. The van der Waals surface area contributed by atoms with E-state index in [1.807, 2.05) is 30.3 Å². The van der Waals surface area contributed by atoms with Gasteiger partial charge in [-0.1, -0.05) is 44.2 Å². The van der Waals surface area contributed by atoms with Gasteiger partial charge in [0.25, 0.3) is 5.91 Å². The predicted octanol–water partition coefficient (Wildman–Crippen LogP) is 3.79. The number of ether oxygens (including phenoxy) is 2. The largest absolute Gasteiger partial charge is 0.493 e. The highest BCUT2D eigenvalue weighted by Crippen LogP contribution is 2.28. The molecule has 0 aliphatic heterocycles. The normalized spacial score (nSPS) is 11.7. The standard InChI is InChI=1S/C21H25NO4/c1-14(2)21(16-8-6-5-7-9-16)22-20(24)13-26-18-11-10-17(15(3)23)12-19(18)25-4/h5-12,14,21H,13H2,1-4H3,(H,22,24). The molecule has 5 nitrogen and oxygen atoms in total. The lowest BCUT2D eigenvalue weighted by Crippen LogP contribution is -2.35. The van der Waals surface area contributed by atoms with Crippen LogP contribution in [0.4, 0.5) is 0 Å². The molecule has 0 spiro atoms. The summed E-state index contributed by atoms with van der Waals surface area (Å²) in [4.78, 5) is 23.8. The van der Waals surface area contributed by atoms with Gasteiger partial charge in [0.05, 0.1) is 13.2 Å². The van der Waals surface area contributed by atoms with Gasteiger partial charge in [0.1, 0.15) is 0 Å². The Balaban J connectivity index is 2.03. The van der Waals surface area contributed by atoms with Gasteiger partial charge >= 0.3 is 0 Å². The fourth-order valence-corrected chi connectivity index (χ4v) is 2.66. The Hall–Kier alpha value is -2.82. The maximum absolute atomic E-state index is 12.3. The van der Waals surface area contributed by atoms with E-state index in [1.54, 1.807) is 18.2 Å². The van der Waals surface area contributed by atoms with Crippen molar-refractivity contribution in [2.75, 3.05) is 13.7 Å². The van der Waals surface area contributed by atoms with Crippen molar-refractivity contribution in [3.05, 3.63) is 59.7 Å². The zero-order valence-corrected chi connectivity index (χ0v) is 15.6. The zero-order chi connectivity index (χ0) is 19.1. The molecule has 2 aromatic rings. The summed E-state index contributed by atoms with van der Waals surface area (Å²) in [6.45, 7) is 5.47. The molecular weight excluding hydrogens is 330 g/mol. The predicted molar refractivity (Wildman–Crippen MR) is 101 cm³/mol. The van der Waals surface area contributed by atoms with Gasteiger partial charge in [0.15, 0.2) is 23.9 Å². The molecule has 0 radical (unpaired) electrons. The number of benzene rings is 2. The summed E-state index contributed by atoms with van der Waals surface area (Å²) in [6, 6.07) is 14.7. The fraction of sp³-hybridized carbons (Fsp3) is 0.333. The third kappa shape index (κ3) is 5.09. The second kappa shape index (κ2) is 9.04. The Kier molecular flexibility index (Phi) is 6.78. The van der Waals surface area contributed by atoms with Gasteiger partial charge in [-0.2, -0.15) is 0 Å². The number of amides is 1. The van der Waals surface area contributed by atoms with Crippen LogP contribution < -0.4 is 14.8 Å². The maximum Gasteiger partial charge on any atom is 0.258 e. The first-order chi connectivity index (χ1) is 12.4. The average Bonchev–Trinajstić information content (AvgIpc) is 2.64. The van der Waals surface area contributed by atoms with Crippen LogP contribution in [0.25, 0.3) is 0 Å². The van der Waals surface area contributed by atoms with Crippen LogP contribution >= 0.6 is 0 Å². The molecule has 138 valence electrons. The van der Waals surface area contributed by atoms with E-state index in [0.29, 0.717) is 17.1 Å². The van der Waals surface area contributed by atoms with Crippen molar-refractivity contribution in [1.82, 2.24) is 5.32 Å². The molecule has 0 aromatic heterocycles. The topological polar surface area (TPSA) is 64.6 Å². The summed E-state index contributed by atoms with van der Waals surface area (Å²) in [6.07, 6.45) is 0. The van der Waals surface area contributed by atoms with E-state index in [4.69, 9.17) is 9.47 Å². The van der Waals surface area contributed by atoms with E-state index in [-0.39, 0.29) is 30.3 Å². The number of nitrogens with one attached hydrogen (secondary N) is 1. The molecule has 0 aliphatic carbocycles. The van der Waals surface area contributed by atoms with Gasteiger partial charge < -0.3 is 14.8 Å².